The smallest absolute Gasteiger partial charge is 0.114 e. The number of hydrogen-bond donors (Lipinski definition) is 0. The van der Waals surface area contributed by atoms with Gasteiger partial charge in [0.2, 0.25) is 0 Å². The number of aryl methyl sites for hydroxylation is 2. The van der Waals surface area contributed by atoms with Crippen LogP contribution in [0, 0.1) is 13.8 Å². The molecule has 0 saturated carbocycles. The molecule has 0 spiro atoms. The van der Waals surface area contributed by atoms with Crippen LogP contribution in [0.1, 0.15) is 523 Å². The third kappa shape index (κ3) is 30.7. The fraction of sp³-hybridized carbons (Fsp3) is 0.755. The van der Waals surface area contributed by atoms with Crippen LogP contribution < -0.4 is 0 Å². The largest absolute Gasteiger partial charge is 0.173 e. The highest BCUT2D eigenvalue weighted by molar-refractivity contribution is 7.24. The minimum absolute atomic E-state index is 0.0906. The highest BCUT2D eigenvalue weighted by Gasteiger charge is 2.50. The van der Waals surface area contributed by atoms with Crippen molar-refractivity contribution < 1.29 is 0 Å². The molecule has 9 rings (SSSR count). The molecule has 4 heterocycles. The molecule has 0 amide bonds. The fourth-order valence-electron chi connectivity index (χ4n) is 20.7. The number of nitrogens with zero attached hydrogens (tertiary/aromatic N) is 4. The molecule has 114 heavy (non-hydrogen) atoms. The van der Waals surface area contributed by atoms with Gasteiger partial charge in [0.15, 0.2) is 0 Å². The van der Waals surface area contributed by atoms with E-state index in [0.29, 0.717) is 0 Å². The van der Waals surface area contributed by atoms with Crippen LogP contribution in [0.15, 0.2) is 48.5 Å². The molecule has 0 radical (unpaired) electrons. The van der Waals surface area contributed by atoms with Crippen molar-refractivity contribution in [3.63, 3.8) is 0 Å². The number of aromatic nitrogens is 4. The number of hydrogen-bond acceptors (Lipinski definition) is 8. The van der Waals surface area contributed by atoms with Crippen molar-refractivity contribution in [1.29, 1.82) is 0 Å². The van der Waals surface area contributed by atoms with E-state index >= 15 is 0 Å². The Labute approximate surface area is 718 Å². The zero-order valence-electron chi connectivity index (χ0n) is 75.0. The van der Waals surface area contributed by atoms with Crippen LogP contribution in [0.25, 0.3) is 64.5 Å². The summed E-state index contributed by atoms with van der Waals surface area (Å²) in [5.41, 5.74) is 19.2. The average molecular weight is 1630 g/mol. The van der Waals surface area contributed by atoms with E-state index in [1.165, 1.54) is 544 Å². The van der Waals surface area contributed by atoms with Crippen LogP contribution in [0.5, 0.6) is 0 Å². The Morgan fingerprint density at radius 2 is 0.447 bits per heavy atom. The van der Waals surface area contributed by atoms with Crippen molar-refractivity contribution in [2.24, 2.45) is 0 Å². The SMILES string of the molecule is CCCCCCCCCCCCCCCCCCCC1(CCCCCCCCCCCCCCCCCCC)c2cc3c(cc2-c2c1cc(C)c1nsnc21)C(CCCCCCCCCCCCCCCCCCC)(CCCCCCCCCCCCCCCCCCC)c1cc(-c2ccc(-c4ccc(C)s4)s2)c2nsnc2c1-3. The Bertz CT molecular complexity index is 3540. The summed E-state index contributed by atoms with van der Waals surface area (Å²) in [7, 11) is 0. The molecule has 0 fully saturated rings. The molecule has 2 aliphatic rings. The van der Waals surface area contributed by atoms with Gasteiger partial charge in [-0.15, -0.1) is 22.7 Å². The van der Waals surface area contributed by atoms with E-state index in [1.807, 2.05) is 22.7 Å². The van der Waals surface area contributed by atoms with Gasteiger partial charge in [0.1, 0.15) is 22.1 Å². The molecule has 0 saturated heterocycles. The van der Waals surface area contributed by atoms with Crippen molar-refractivity contribution in [1.82, 2.24) is 17.5 Å². The fourth-order valence-corrected chi connectivity index (χ4v) is 23.9. The Kier molecular flexibility index (Phi) is 47.3. The van der Waals surface area contributed by atoms with Crippen molar-refractivity contribution in [3.05, 3.63) is 81.2 Å². The summed E-state index contributed by atoms with van der Waals surface area (Å²) in [6.07, 6.45) is 100. The predicted octanol–water partition coefficient (Wildman–Crippen LogP) is 38.5. The number of thiophene rings is 2. The van der Waals surface area contributed by atoms with E-state index in [2.05, 4.69) is 90.1 Å². The summed E-state index contributed by atoms with van der Waals surface area (Å²) in [5, 5.41) is 0. The standard InChI is InChI=1S/C106H170N4S4/c1-7-11-15-19-23-27-31-35-39-43-47-51-55-59-63-67-71-79-105(80-72-68-64-60-56-52-48-44-40-36-32-28-24-20-16-12-8-2)92-85-90-93(84-89(92)99-94(105)83-87(5)101-103(99)109-113-107-101)106(81-73-69-65-61-57-53-49-45-41-37-33-29-25-21-17-13-9-3,82-74-70-66-62-58-54-50-46-42-38-34-30-26-22-18-14-10-4)95-86-91(102-104(100(90)95)110-114-108-102)96-77-78-98(112-96)97-76-75-88(6)111-97/h75-78,83-86H,7-74,79-82H2,1-6H3. The van der Waals surface area contributed by atoms with Crippen LogP contribution in [-0.2, 0) is 10.8 Å². The summed E-state index contributed by atoms with van der Waals surface area (Å²) in [6.45, 7) is 13.9. The van der Waals surface area contributed by atoms with Crippen molar-refractivity contribution in [2.75, 3.05) is 0 Å². The Balaban J connectivity index is 0.982. The molecule has 2 aliphatic carbocycles. The quantitative estimate of drug-likeness (QED) is 0.0357. The van der Waals surface area contributed by atoms with Crippen molar-refractivity contribution in [3.8, 4) is 42.4 Å². The minimum atomic E-state index is -0.140. The van der Waals surface area contributed by atoms with E-state index in [0.717, 1.165) is 16.6 Å². The van der Waals surface area contributed by atoms with Gasteiger partial charge in [-0.3, -0.25) is 0 Å². The highest BCUT2D eigenvalue weighted by Crippen LogP contribution is 2.64. The molecule has 8 heteroatoms. The maximum absolute atomic E-state index is 5.56. The van der Waals surface area contributed by atoms with Crippen LogP contribution in [-0.4, -0.2) is 17.5 Å². The topological polar surface area (TPSA) is 51.6 Å². The summed E-state index contributed by atoms with van der Waals surface area (Å²) in [6, 6.07) is 20.6. The second-order valence-corrected chi connectivity index (χ2v) is 40.6. The highest BCUT2D eigenvalue weighted by atomic mass is 32.1. The molecule has 0 bridgehead atoms. The van der Waals surface area contributed by atoms with Crippen molar-refractivity contribution >= 4 is 68.2 Å². The van der Waals surface area contributed by atoms with Crippen LogP contribution in [0.3, 0.4) is 0 Å². The summed E-state index contributed by atoms with van der Waals surface area (Å²) in [5.74, 6) is 0. The van der Waals surface area contributed by atoms with Gasteiger partial charge in [-0.1, -0.05) is 470 Å². The van der Waals surface area contributed by atoms with Crippen LogP contribution in [0.4, 0.5) is 0 Å². The second-order valence-electron chi connectivity index (χ2n) is 37.2. The lowest BCUT2D eigenvalue weighted by Crippen LogP contribution is -2.27. The second kappa shape index (κ2) is 57.1. The molecule has 638 valence electrons. The van der Waals surface area contributed by atoms with Gasteiger partial charge in [0.25, 0.3) is 0 Å². The molecular formula is C106H170N4S4. The third-order valence-corrected chi connectivity index (χ3v) is 31.1. The molecule has 4 aromatic heterocycles. The van der Waals surface area contributed by atoms with Gasteiger partial charge in [-0.2, -0.15) is 17.5 Å². The Hall–Kier alpha value is -3.30. The first-order chi connectivity index (χ1) is 56.4. The molecule has 3 aromatic carbocycles. The van der Waals surface area contributed by atoms with Crippen LogP contribution in [0.2, 0.25) is 0 Å². The van der Waals surface area contributed by atoms with E-state index in [9.17, 15) is 0 Å². The number of fused-ring (bicyclic) bond motifs is 10. The van der Waals surface area contributed by atoms with Crippen LogP contribution >= 0.6 is 46.1 Å². The maximum atomic E-state index is 5.56. The number of rotatable bonds is 74. The third-order valence-electron chi connectivity index (χ3n) is 27.7. The summed E-state index contributed by atoms with van der Waals surface area (Å²) in [4.78, 5) is 5.45. The van der Waals surface area contributed by atoms with Gasteiger partial charge in [-0.25, -0.2) is 0 Å². The molecule has 0 unspecified atom stereocenters. The predicted molar refractivity (Wildman–Crippen MR) is 512 cm³/mol. The molecular weight excluding hydrogens is 1460 g/mol. The molecule has 4 nitrogen and oxygen atoms in total. The first kappa shape index (κ1) is 94.5. The van der Waals surface area contributed by atoms with Gasteiger partial charge in [0, 0.05) is 47.0 Å². The number of unbranched alkanes of at least 4 members (excludes halogenated alkanes) is 64. The molecule has 0 aliphatic heterocycles. The zero-order valence-corrected chi connectivity index (χ0v) is 78.2. The number of benzene rings is 3. The molecule has 0 N–H and O–H groups in total. The first-order valence-electron chi connectivity index (χ1n) is 50.3. The lowest BCUT2D eigenvalue weighted by atomic mass is 9.68. The Morgan fingerprint density at radius 1 is 0.219 bits per heavy atom. The summed E-state index contributed by atoms with van der Waals surface area (Å²) >= 11 is 6.81. The lowest BCUT2D eigenvalue weighted by Gasteiger charge is -2.35. The van der Waals surface area contributed by atoms with Gasteiger partial charge < -0.3 is 0 Å². The molecule has 7 aromatic rings. The minimum Gasteiger partial charge on any atom is -0.173 e. The summed E-state index contributed by atoms with van der Waals surface area (Å²) < 4.78 is 21.6. The van der Waals surface area contributed by atoms with Crippen molar-refractivity contribution in [2.45, 2.75) is 515 Å². The van der Waals surface area contributed by atoms with E-state index in [4.69, 9.17) is 17.5 Å². The van der Waals surface area contributed by atoms with Gasteiger partial charge >= 0.3 is 0 Å². The lowest BCUT2D eigenvalue weighted by molar-refractivity contribution is 0.393. The van der Waals surface area contributed by atoms with E-state index in [1.54, 1.807) is 22.3 Å². The monoisotopic (exact) mass is 1630 g/mol. The average Bonchev–Trinajstić information content (AvgIpc) is 1.52. The Morgan fingerprint density at radius 3 is 0.737 bits per heavy atom. The van der Waals surface area contributed by atoms with E-state index < -0.39 is 0 Å². The maximum Gasteiger partial charge on any atom is 0.114 e. The van der Waals surface area contributed by atoms with E-state index in [-0.39, 0.29) is 10.8 Å². The van der Waals surface area contributed by atoms with Gasteiger partial charge in [-0.05, 0) is 121 Å². The zero-order chi connectivity index (χ0) is 79.6. The normalized spacial score (nSPS) is 13.4. The molecule has 0 atom stereocenters. The van der Waals surface area contributed by atoms with Gasteiger partial charge in [0.05, 0.1) is 23.5 Å². The first-order valence-corrected chi connectivity index (χ1v) is 53.4.